The van der Waals surface area contributed by atoms with Crippen molar-refractivity contribution < 1.29 is 28.6 Å². The smallest absolute Gasteiger partial charge is 0.306 e. The van der Waals surface area contributed by atoms with Crippen molar-refractivity contribution in [3.63, 3.8) is 0 Å². The van der Waals surface area contributed by atoms with Crippen LogP contribution in [0.5, 0.6) is 0 Å². The van der Waals surface area contributed by atoms with Crippen molar-refractivity contribution in [3.05, 3.63) is 24.3 Å². The first-order valence-electron chi connectivity index (χ1n) is 28.8. The maximum absolute atomic E-state index is 12.6. The standard InChI is InChI=1S/C59H110O6/c1-4-7-10-13-15-17-18-19-20-21-22-23-24-25-26-27-28-29-30-31-32-33-34-35-36-37-38-39-40-42-43-46-49-52-58(61)64-55-56(54-63-57(60)51-48-45-12-9-6-3)65-59(62)53-50-47-44-41-16-14-11-8-5-2/h18-19,21-22,56H,4-17,20,23-55H2,1-3H3/b19-18-,22-21-. The Morgan fingerprint density at radius 2 is 0.554 bits per heavy atom. The number of rotatable bonds is 53. The fourth-order valence-corrected chi connectivity index (χ4v) is 8.59. The van der Waals surface area contributed by atoms with Gasteiger partial charge in [0.1, 0.15) is 13.2 Å². The predicted octanol–water partition coefficient (Wildman–Crippen LogP) is 19.1. The molecule has 382 valence electrons. The molecule has 0 aromatic heterocycles. The Balaban J connectivity index is 3.79. The lowest BCUT2D eigenvalue weighted by atomic mass is 10.0. The molecule has 0 aliphatic rings. The van der Waals surface area contributed by atoms with E-state index in [1.807, 2.05) is 0 Å². The Morgan fingerprint density at radius 1 is 0.308 bits per heavy atom. The van der Waals surface area contributed by atoms with Crippen LogP contribution in [0.4, 0.5) is 0 Å². The van der Waals surface area contributed by atoms with E-state index < -0.39 is 6.10 Å². The predicted molar refractivity (Wildman–Crippen MR) is 279 cm³/mol. The van der Waals surface area contributed by atoms with Crippen molar-refractivity contribution in [3.8, 4) is 0 Å². The Morgan fingerprint density at radius 3 is 0.846 bits per heavy atom. The third-order valence-corrected chi connectivity index (χ3v) is 13.0. The van der Waals surface area contributed by atoms with Crippen molar-refractivity contribution in [2.24, 2.45) is 0 Å². The van der Waals surface area contributed by atoms with Gasteiger partial charge in [0.2, 0.25) is 0 Å². The molecule has 0 rings (SSSR count). The zero-order chi connectivity index (χ0) is 47.2. The average Bonchev–Trinajstić information content (AvgIpc) is 3.30. The van der Waals surface area contributed by atoms with Crippen molar-refractivity contribution in [2.45, 2.75) is 322 Å². The second-order valence-electron chi connectivity index (χ2n) is 19.6. The van der Waals surface area contributed by atoms with Gasteiger partial charge < -0.3 is 14.2 Å². The van der Waals surface area contributed by atoms with Crippen molar-refractivity contribution in [1.82, 2.24) is 0 Å². The van der Waals surface area contributed by atoms with E-state index in [9.17, 15) is 14.4 Å². The summed E-state index contributed by atoms with van der Waals surface area (Å²) in [5, 5.41) is 0. The van der Waals surface area contributed by atoms with Gasteiger partial charge in [0.05, 0.1) is 0 Å². The van der Waals surface area contributed by atoms with Crippen LogP contribution >= 0.6 is 0 Å². The molecule has 0 aromatic rings. The zero-order valence-corrected chi connectivity index (χ0v) is 43.8. The monoisotopic (exact) mass is 915 g/mol. The highest BCUT2D eigenvalue weighted by Gasteiger charge is 2.19. The second-order valence-corrected chi connectivity index (χ2v) is 19.6. The van der Waals surface area contributed by atoms with E-state index in [-0.39, 0.29) is 31.1 Å². The first kappa shape index (κ1) is 62.9. The maximum Gasteiger partial charge on any atom is 0.306 e. The van der Waals surface area contributed by atoms with Crippen LogP contribution in [0.3, 0.4) is 0 Å². The molecule has 0 bridgehead atoms. The minimum absolute atomic E-state index is 0.0661. The molecule has 0 radical (unpaired) electrons. The highest BCUT2D eigenvalue weighted by atomic mass is 16.6. The molecule has 0 heterocycles. The molecular formula is C59H110O6. The summed E-state index contributed by atoms with van der Waals surface area (Å²) in [5.41, 5.74) is 0. The summed E-state index contributed by atoms with van der Waals surface area (Å²) in [6.45, 7) is 6.55. The van der Waals surface area contributed by atoms with Crippen LogP contribution in [0.25, 0.3) is 0 Å². The second kappa shape index (κ2) is 54.5. The molecule has 6 heteroatoms. The lowest BCUT2D eigenvalue weighted by Gasteiger charge is -2.18. The van der Waals surface area contributed by atoms with Crippen molar-refractivity contribution in [1.29, 1.82) is 0 Å². The van der Waals surface area contributed by atoms with Gasteiger partial charge in [0.15, 0.2) is 6.10 Å². The summed E-state index contributed by atoms with van der Waals surface area (Å²) < 4.78 is 16.6. The highest BCUT2D eigenvalue weighted by Crippen LogP contribution is 2.17. The van der Waals surface area contributed by atoms with Gasteiger partial charge in [0, 0.05) is 19.3 Å². The molecule has 0 spiro atoms. The number of esters is 3. The Bertz CT molecular complexity index is 1050. The summed E-state index contributed by atoms with van der Waals surface area (Å²) in [4.78, 5) is 37.5. The van der Waals surface area contributed by atoms with E-state index in [1.54, 1.807) is 0 Å². The Hall–Kier alpha value is -2.11. The van der Waals surface area contributed by atoms with Crippen LogP contribution in [0.15, 0.2) is 24.3 Å². The number of hydrogen-bond donors (Lipinski definition) is 0. The highest BCUT2D eigenvalue weighted by molar-refractivity contribution is 5.71. The average molecular weight is 916 g/mol. The van der Waals surface area contributed by atoms with E-state index in [0.29, 0.717) is 19.3 Å². The number of ether oxygens (including phenoxy) is 3. The molecule has 0 aromatic carbocycles. The topological polar surface area (TPSA) is 78.9 Å². The lowest BCUT2D eigenvalue weighted by molar-refractivity contribution is -0.167. The van der Waals surface area contributed by atoms with Gasteiger partial charge in [-0.15, -0.1) is 0 Å². The summed E-state index contributed by atoms with van der Waals surface area (Å²) in [6, 6.07) is 0. The fraction of sp³-hybridized carbons (Fsp3) is 0.881. The molecule has 0 N–H and O–H groups in total. The number of unbranched alkanes of at least 4 members (excludes halogenated alkanes) is 38. The number of allylic oxidation sites excluding steroid dienone is 4. The number of carbonyl (C=O) groups excluding carboxylic acids is 3. The summed E-state index contributed by atoms with van der Waals surface area (Å²) >= 11 is 0. The van der Waals surface area contributed by atoms with Gasteiger partial charge >= 0.3 is 17.9 Å². The molecule has 65 heavy (non-hydrogen) atoms. The molecule has 1 unspecified atom stereocenters. The Kier molecular flexibility index (Phi) is 52.7. The molecular weight excluding hydrogens is 805 g/mol. The summed E-state index contributed by atoms with van der Waals surface area (Å²) in [6.07, 6.45) is 64.0. The summed E-state index contributed by atoms with van der Waals surface area (Å²) in [7, 11) is 0. The molecule has 1 atom stereocenters. The SMILES string of the molecule is CCCCCCC/C=C\C/C=C\CCCCCCCCCCCCCCCCCCCCCCCC(=O)OCC(COC(=O)CCCCCCC)OC(=O)CCCCCCCCCCC. The maximum atomic E-state index is 12.6. The van der Waals surface area contributed by atoms with Crippen LogP contribution in [-0.2, 0) is 28.6 Å². The summed E-state index contributed by atoms with van der Waals surface area (Å²) in [5.74, 6) is -0.869. The molecule has 0 fully saturated rings. The van der Waals surface area contributed by atoms with E-state index in [1.165, 1.54) is 205 Å². The van der Waals surface area contributed by atoms with Gasteiger partial charge in [-0.05, 0) is 51.4 Å². The van der Waals surface area contributed by atoms with Crippen LogP contribution < -0.4 is 0 Å². The molecule has 0 amide bonds. The van der Waals surface area contributed by atoms with Crippen LogP contribution in [0.1, 0.15) is 316 Å². The van der Waals surface area contributed by atoms with Crippen LogP contribution in [0.2, 0.25) is 0 Å². The van der Waals surface area contributed by atoms with E-state index in [2.05, 4.69) is 45.1 Å². The number of hydrogen-bond acceptors (Lipinski definition) is 6. The van der Waals surface area contributed by atoms with E-state index in [0.717, 1.165) is 70.6 Å². The van der Waals surface area contributed by atoms with E-state index in [4.69, 9.17) is 14.2 Å². The minimum Gasteiger partial charge on any atom is -0.462 e. The lowest BCUT2D eigenvalue weighted by Crippen LogP contribution is -2.30. The normalized spacial score (nSPS) is 12.1. The minimum atomic E-state index is -0.759. The zero-order valence-electron chi connectivity index (χ0n) is 43.8. The number of carbonyl (C=O) groups is 3. The first-order valence-corrected chi connectivity index (χ1v) is 28.8. The van der Waals surface area contributed by atoms with Gasteiger partial charge in [0.25, 0.3) is 0 Å². The van der Waals surface area contributed by atoms with Gasteiger partial charge in [-0.3, -0.25) is 14.4 Å². The third-order valence-electron chi connectivity index (χ3n) is 13.0. The molecule has 6 nitrogen and oxygen atoms in total. The third kappa shape index (κ3) is 52.7. The first-order chi connectivity index (χ1) is 32.0. The van der Waals surface area contributed by atoms with E-state index >= 15 is 0 Å². The van der Waals surface area contributed by atoms with Crippen LogP contribution in [-0.4, -0.2) is 37.2 Å². The molecule has 0 aliphatic carbocycles. The fourth-order valence-electron chi connectivity index (χ4n) is 8.59. The van der Waals surface area contributed by atoms with Crippen LogP contribution in [0, 0.1) is 0 Å². The largest absolute Gasteiger partial charge is 0.462 e. The molecule has 0 aliphatic heterocycles. The molecule has 0 saturated carbocycles. The van der Waals surface area contributed by atoms with Gasteiger partial charge in [-0.1, -0.05) is 270 Å². The van der Waals surface area contributed by atoms with Gasteiger partial charge in [-0.25, -0.2) is 0 Å². The quantitative estimate of drug-likeness (QED) is 0.0262. The van der Waals surface area contributed by atoms with Crippen molar-refractivity contribution in [2.75, 3.05) is 13.2 Å². The molecule has 0 saturated heterocycles. The Labute approximate surface area is 404 Å². The van der Waals surface area contributed by atoms with Crippen molar-refractivity contribution >= 4 is 17.9 Å². The van der Waals surface area contributed by atoms with Gasteiger partial charge in [-0.2, -0.15) is 0 Å².